The zero-order valence-electron chi connectivity index (χ0n) is 10.6. The van der Waals surface area contributed by atoms with E-state index in [2.05, 4.69) is 17.4 Å². The molecule has 3 N–H and O–H groups in total. The third-order valence-electron chi connectivity index (χ3n) is 2.93. The summed E-state index contributed by atoms with van der Waals surface area (Å²) in [5.74, 6) is 1.04. The third-order valence-corrected chi connectivity index (χ3v) is 2.93. The molecule has 2 rings (SSSR count). The van der Waals surface area contributed by atoms with Crippen LogP contribution in [0.2, 0.25) is 0 Å². The number of benzene rings is 1. The predicted octanol–water partition coefficient (Wildman–Crippen LogP) is 2.63. The van der Waals surface area contributed by atoms with Gasteiger partial charge >= 0.3 is 0 Å². The van der Waals surface area contributed by atoms with E-state index in [1.54, 1.807) is 6.26 Å². The van der Waals surface area contributed by atoms with E-state index in [4.69, 9.17) is 10.2 Å². The molecule has 0 aliphatic carbocycles. The molecule has 0 unspecified atom stereocenters. The summed E-state index contributed by atoms with van der Waals surface area (Å²) in [4.78, 5) is 0. The van der Waals surface area contributed by atoms with Crippen molar-refractivity contribution in [2.45, 2.75) is 19.3 Å². The van der Waals surface area contributed by atoms with Crippen LogP contribution in [0.15, 0.2) is 47.1 Å². The molecule has 2 aromatic rings. The Morgan fingerprint density at radius 2 is 1.83 bits per heavy atom. The van der Waals surface area contributed by atoms with Gasteiger partial charge in [-0.2, -0.15) is 0 Å². The fourth-order valence-corrected chi connectivity index (χ4v) is 1.89. The lowest BCUT2D eigenvalue weighted by molar-refractivity contribution is 0.498. The smallest absolute Gasteiger partial charge is 0.105 e. The molecule has 0 saturated heterocycles. The summed E-state index contributed by atoms with van der Waals surface area (Å²) in [5.41, 5.74) is 7.82. The molecule has 0 spiro atoms. The van der Waals surface area contributed by atoms with Crippen LogP contribution in [0.4, 0.5) is 5.69 Å². The van der Waals surface area contributed by atoms with Gasteiger partial charge in [-0.1, -0.05) is 12.1 Å². The van der Waals surface area contributed by atoms with E-state index in [9.17, 15) is 0 Å². The Kier molecular flexibility index (Phi) is 4.85. The molecule has 0 radical (unpaired) electrons. The van der Waals surface area contributed by atoms with Crippen molar-refractivity contribution in [3.63, 3.8) is 0 Å². The van der Waals surface area contributed by atoms with Crippen LogP contribution in [0.3, 0.4) is 0 Å². The van der Waals surface area contributed by atoms with Gasteiger partial charge in [0.05, 0.1) is 6.26 Å². The lowest BCUT2D eigenvalue weighted by Gasteiger charge is -2.04. The van der Waals surface area contributed by atoms with Crippen LogP contribution < -0.4 is 11.1 Å². The van der Waals surface area contributed by atoms with E-state index in [0.717, 1.165) is 43.8 Å². The molecule has 0 amide bonds. The summed E-state index contributed by atoms with van der Waals surface area (Å²) < 4.78 is 5.27. The van der Waals surface area contributed by atoms with Crippen LogP contribution in [0.1, 0.15) is 17.7 Å². The minimum absolute atomic E-state index is 0.829. The largest absolute Gasteiger partial charge is 0.469 e. The van der Waals surface area contributed by atoms with E-state index in [-0.39, 0.29) is 0 Å². The number of hydrogen-bond donors (Lipinski definition) is 2. The first kappa shape index (κ1) is 12.7. The van der Waals surface area contributed by atoms with Crippen molar-refractivity contribution in [1.29, 1.82) is 0 Å². The topological polar surface area (TPSA) is 51.2 Å². The van der Waals surface area contributed by atoms with Gasteiger partial charge in [0.1, 0.15) is 5.76 Å². The number of furan rings is 1. The Labute approximate surface area is 108 Å². The molecule has 0 saturated carbocycles. The highest BCUT2D eigenvalue weighted by Crippen LogP contribution is 2.07. The maximum atomic E-state index is 5.65. The molecule has 0 aliphatic rings. The predicted molar refractivity (Wildman–Crippen MR) is 74.5 cm³/mol. The Morgan fingerprint density at radius 3 is 2.56 bits per heavy atom. The van der Waals surface area contributed by atoms with Crippen LogP contribution in [0.25, 0.3) is 0 Å². The zero-order chi connectivity index (χ0) is 12.6. The first-order valence-electron chi connectivity index (χ1n) is 6.42. The number of nitrogens with one attached hydrogen (secondary N) is 1. The average molecular weight is 244 g/mol. The van der Waals surface area contributed by atoms with Gasteiger partial charge in [0.15, 0.2) is 0 Å². The second-order valence-corrected chi connectivity index (χ2v) is 4.42. The molecule has 0 aliphatic heterocycles. The maximum Gasteiger partial charge on any atom is 0.105 e. The van der Waals surface area contributed by atoms with Gasteiger partial charge in [-0.15, -0.1) is 0 Å². The number of aryl methyl sites for hydroxylation is 1. The molecule has 3 nitrogen and oxygen atoms in total. The van der Waals surface area contributed by atoms with Crippen LogP contribution in [0, 0.1) is 0 Å². The van der Waals surface area contributed by atoms with E-state index in [0.29, 0.717) is 0 Å². The van der Waals surface area contributed by atoms with Crippen molar-refractivity contribution >= 4 is 5.69 Å². The minimum atomic E-state index is 0.829. The minimum Gasteiger partial charge on any atom is -0.469 e. The number of rotatable bonds is 7. The van der Waals surface area contributed by atoms with Crippen molar-refractivity contribution < 1.29 is 4.42 Å². The van der Waals surface area contributed by atoms with Crippen LogP contribution in [0.5, 0.6) is 0 Å². The summed E-state index contributed by atoms with van der Waals surface area (Å²) in [6.07, 6.45) is 4.90. The molecule has 0 bridgehead atoms. The molecule has 0 fully saturated rings. The molecule has 0 atom stereocenters. The Balaban J connectivity index is 1.55. The number of nitrogen functional groups attached to an aromatic ring is 1. The average Bonchev–Trinajstić information content (AvgIpc) is 2.89. The SMILES string of the molecule is Nc1ccc(CCCNCCc2ccco2)cc1. The Bertz CT molecular complexity index is 434. The molecule has 18 heavy (non-hydrogen) atoms. The quantitative estimate of drug-likeness (QED) is 0.581. The summed E-state index contributed by atoms with van der Waals surface area (Å²) in [6, 6.07) is 12.0. The standard InChI is InChI=1S/C15H20N2O/c16-14-7-5-13(6-8-14)3-1-10-17-11-9-15-4-2-12-18-15/h2,4-8,12,17H,1,3,9-11,16H2. The van der Waals surface area contributed by atoms with Crippen LogP contribution in [-0.4, -0.2) is 13.1 Å². The second-order valence-electron chi connectivity index (χ2n) is 4.42. The van der Waals surface area contributed by atoms with Crippen molar-refractivity contribution in [2.75, 3.05) is 18.8 Å². The maximum absolute atomic E-state index is 5.65. The van der Waals surface area contributed by atoms with Crippen molar-refractivity contribution in [2.24, 2.45) is 0 Å². The third kappa shape index (κ3) is 4.26. The lowest BCUT2D eigenvalue weighted by atomic mass is 10.1. The summed E-state index contributed by atoms with van der Waals surface area (Å²) in [6.45, 7) is 2.00. The van der Waals surface area contributed by atoms with Gasteiger partial charge < -0.3 is 15.5 Å². The highest BCUT2D eigenvalue weighted by molar-refractivity contribution is 5.39. The van der Waals surface area contributed by atoms with E-state index in [1.165, 1.54) is 5.56 Å². The van der Waals surface area contributed by atoms with Gasteiger partial charge in [-0.05, 0) is 49.2 Å². The number of hydrogen-bond acceptors (Lipinski definition) is 3. The summed E-state index contributed by atoms with van der Waals surface area (Å²) >= 11 is 0. The number of anilines is 1. The monoisotopic (exact) mass is 244 g/mol. The molecule has 3 heteroatoms. The Hall–Kier alpha value is -1.74. The highest BCUT2D eigenvalue weighted by atomic mass is 16.3. The highest BCUT2D eigenvalue weighted by Gasteiger charge is 1.96. The zero-order valence-corrected chi connectivity index (χ0v) is 10.6. The van der Waals surface area contributed by atoms with E-state index >= 15 is 0 Å². The van der Waals surface area contributed by atoms with Crippen molar-refractivity contribution in [3.05, 3.63) is 54.0 Å². The molecule has 1 aromatic carbocycles. The van der Waals surface area contributed by atoms with Gasteiger partial charge in [-0.3, -0.25) is 0 Å². The normalized spacial score (nSPS) is 10.7. The van der Waals surface area contributed by atoms with Gasteiger partial charge in [0.25, 0.3) is 0 Å². The molecular weight excluding hydrogens is 224 g/mol. The van der Waals surface area contributed by atoms with Crippen LogP contribution in [-0.2, 0) is 12.8 Å². The van der Waals surface area contributed by atoms with Crippen LogP contribution >= 0.6 is 0 Å². The molecule has 1 heterocycles. The molecular formula is C15H20N2O. The lowest BCUT2D eigenvalue weighted by Crippen LogP contribution is -2.18. The molecule has 1 aromatic heterocycles. The van der Waals surface area contributed by atoms with E-state index in [1.807, 2.05) is 24.3 Å². The van der Waals surface area contributed by atoms with Gasteiger partial charge in [0.2, 0.25) is 0 Å². The Morgan fingerprint density at radius 1 is 1.00 bits per heavy atom. The van der Waals surface area contributed by atoms with Gasteiger partial charge in [0, 0.05) is 18.7 Å². The molecule has 96 valence electrons. The first-order valence-corrected chi connectivity index (χ1v) is 6.42. The second kappa shape index (κ2) is 6.87. The van der Waals surface area contributed by atoms with Crippen molar-refractivity contribution in [1.82, 2.24) is 5.32 Å². The summed E-state index contributed by atoms with van der Waals surface area (Å²) in [7, 11) is 0. The van der Waals surface area contributed by atoms with E-state index < -0.39 is 0 Å². The fourth-order valence-electron chi connectivity index (χ4n) is 1.89. The number of nitrogens with two attached hydrogens (primary N) is 1. The summed E-state index contributed by atoms with van der Waals surface area (Å²) in [5, 5.41) is 3.42. The first-order chi connectivity index (χ1) is 8.84. The van der Waals surface area contributed by atoms with Gasteiger partial charge in [-0.25, -0.2) is 0 Å². The fraction of sp³-hybridized carbons (Fsp3) is 0.333. The van der Waals surface area contributed by atoms with Crippen molar-refractivity contribution in [3.8, 4) is 0 Å².